The first kappa shape index (κ1) is 13.3. The molecule has 0 aliphatic rings. The predicted molar refractivity (Wildman–Crippen MR) is 74.6 cm³/mol. The maximum absolute atomic E-state index is 12.4. The fourth-order valence-electron chi connectivity index (χ4n) is 2.06. The second-order valence-electron chi connectivity index (χ2n) is 4.70. The van der Waals surface area contributed by atoms with Gasteiger partial charge < -0.3 is 4.90 Å². The van der Waals surface area contributed by atoms with Crippen LogP contribution in [0.1, 0.15) is 31.5 Å². The van der Waals surface area contributed by atoms with Crippen LogP contribution in [0.2, 0.25) is 0 Å². The van der Waals surface area contributed by atoms with Gasteiger partial charge in [-0.05, 0) is 25.5 Å². The highest BCUT2D eigenvalue weighted by Gasteiger charge is 2.23. The highest BCUT2D eigenvalue weighted by Crippen LogP contribution is 2.21. The van der Waals surface area contributed by atoms with Crippen LogP contribution in [0.15, 0.2) is 48.8 Å². The van der Waals surface area contributed by atoms with E-state index in [0.717, 1.165) is 5.56 Å². The Morgan fingerprint density at radius 3 is 2.47 bits per heavy atom. The van der Waals surface area contributed by atoms with Crippen molar-refractivity contribution in [2.75, 3.05) is 7.05 Å². The van der Waals surface area contributed by atoms with E-state index in [-0.39, 0.29) is 18.0 Å². The monoisotopic (exact) mass is 257 g/mol. The first-order chi connectivity index (χ1) is 9.11. The van der Waals surface area contributed by atoms with Crippen LogP contribution >= 0.6 is 0 Å². The van der Waals surface area contributed by atoms with Crippen LogP contribution in [-0.4, -0.2) is 27.6 Å². The molecule has 0 spiro atoms. The number of rotatable bonds is 4. The summed E-state index contributed by atoms with van der Waals surface area (Å²) in [5.41, 5.74) is 1.13. The van der Waals surface area contributed by atoms with Crippen LogP contribution in [0.25, 0.3) is 0 Å². The van der Waals surface area contributed by atoms with Crippen molar-refractivity contribution in [1.82, 2.24) is 14.7 Å². The molecule has 4 heteroatoms. The van der Waals surface area contributed by atoms with E-state index >= 15 is 0 Å². The Morgan fingerprint density at radius 1 is 1.21 bits per heavy atom. The molecule has 0 radical (unpaired) electrons. The highest BCUT2D eigenvalue weighted by molar-refractivity contribution is 5.80. The topological polar surface area (TPSA) is 38.1 Å². The molecule has 0 aliphatic heterocycles. The number of amides is 1. The number of carbonyl (C=O) groups excluding carboxylic acids is 1. The molecular formula is C15H19N3O. The second-order valence-corrected chi connectivity index (χ2v) is 4.70. The predicted octanol–water partition coefficient (Wildman–Crippen LogP) is 2.66. The van der Waals surface area contributed by atoms with E-state index in [1.165, 1.54) is 0 Å². The van der Waals surface area contributed by atoms with E-state index in [0.29, 0.717) is 0 Å². The van der Waals surface area contributed by atoms with Gasteiger partial charge in [-0.25, -0.2) is 0 Å². The smallest absolute Gasteiger partial charge is 0.247 e. The molecule has 2 atom stereocenters. The van der Waals surface area contributed by atoms with E-state index in [9.17, 15) is 4.79 Å². The summed E-state index contributed by atoms with van der Waals surface area (Å²) in [5.74, 6) is 0.0556. The summed E-state index contributed by atoms with van der Waals surface area (Å²) in [4.78, 5) is 14.2. The molecule has 2 aromatic rings. The summed E-state index contributed by atoms with van der Waals surface area (Å²) < 4.78 is 1.68. The number of nitrogens with zero attached hydrogens (tertiary/aromatic N) is 3. The van der Waals surface area contributed by atoms with Gasteiger partial charge >= 0.3 is 0 Å². The molecule has 1 amide bonds. The van der Waals surface area contributed by atoms with Crippen LogP contribution in [0.4, 0.5) is 0 Å². The average Bonchev–Trinajstić information content (AvgIpc) is 2.99. The molecule has 0 fully saturated rings. The van der Waals surface area contributed by atoms with Gasteiger partial charge in [-0.1, -0.05) is 30.3 Å². The van der Waals surface area contributed by atoms with E-state index < -0.39 is 0 Å². The number of carbonyl (C=O) groups is 1. The third kappa shape index (κ3) is 2.84. The van der Waals surface area contributed by atoms with E-state index in [4.69, 9.17) is 0 Å². The van der Waals surface area contributed by atoms with Gasteiger partial charge in [-0.15, -0.1) is 0 Å². The minimum atomic E-state index is -0.286. The summed E-state index contributed by atoms with van der Waals surface area (Å²) in [6.07, 6.45) is 3.49. The summed E-state index contributed by atoms with van der Waals surface area (Å²) in [7, 11) is 1.83. The molecule has 0 saturated heterocycles. The lowest BCUT2D eigenvalue weighted by Crippen LogP contribution is -2.35. The molecule has 19 heavy (non-hydrogen) atoms. The fourth-order valence-corrected chi connectivity index (χ4v) is 2.06. The Kier molecular flexibility index (Phi) is 4.00. The van der Waals surface area contributed by atoms with Crippen LogP contribution < -0.4 is 0 Å². The lowest BCUT2D eigenvalue weighted by molar-refractivity contribution is -0.135. The zero-order chi connectivity index (χ0) is 13.8. The first-order valence-corrected chi connectivity index (χ1v) is 6.42. The number of likely N-dealkylation sites (N-methyl/N-ethyl adjacent to an activating group) is 1. The van der Waals surface area contributed by atoms with Gasteiger partial charge in [0.15, 0.2) is 0 Å². The molecule has 0 N–H and O–H groups in total. The number of hydrogen-bond donors (Lipinski definition) is 0. The van der Waals surface area contributed by atoms with E-state index in [1.807, 2.05) is 63.5 Å². The standard InChI is InChI=1S/C15H19N3O/c1-12(14-8-5-4-6-9-14)17(3)15(19)13(2)18-11-7-10-16-18/h4-13H,1-3H3. The van der Waals surface area contributed by atoms with Gasteiger partial charge in [0.1, 0.15) is 6.04 Å². The first-order valence-electron chi connectivity index (χ1n) is 6.42. The quantitative estimate of drug-likeness (QED) is 0.844. The summed E-state index contributed by atoms with van der Waals surface area (Å²) in [6.45, 7) is 3.90. The summed E-state index contributed by atoms with van der Waals surface area (Å²) >= 11 is 0. The summed E-state index contributed by atoms with van der Waals surface area (Å²) in [5, 5.41) is 4.12. The lowest BCUT2D eigenvalue weighted by atomic mass is 10.1. The van der Waals surface area contributed by atoms with Crippen molar-refractivity contribution < 1.29 is 4.79 Å². The van der Waals surface area contributed by atoms with Crippen LogP contribution in [0.3, 0.4) is 0 Å². The van der Waals surface area contributed by atoms with Crippen molar-refractivity contribution in [3.8, 4) is 0 Å². The van der Waals surface area contributed by atoms with Gasteiger partial charge in [-0.2, -0.15) is 5.10 Å². The molecule has 4 nitrogen and oxygen atoms in total. The van der Waals surface area contributed by atoms with Crippen molar-refractivity contribution >= 4 is 5.91 Å². The zero-order valence-electron chi connectivity index (χ0n) is 11.5. The van der Waals surface area contributed by atoms with Gasteiger partial charge in [0.25, 0.3) is 0 Å². The Bertz CT molecular complexity index is 522. The molecular weight excluding hydrogens is 238 g/mol. The molecule has 1 aromatic heterocycles. The minimum absolute atomic E-state index is 0.0479. The maximum atomic E-state index is 12.4. The molecule has 0 bridgehead atoms. The Labute approximate surface area is 113 Å². The van der Waals surface area contributed by atoms with E-state index in [1.54, 1.807) is 15.8 Å². The van der Waals surface area contributed by atoms with Gasteiger partial charge in [0.05, 0.1) is 6.04 Å². The molecule has 1 aromatic carbocycles. The molecule has 2 rings (SSSR count). The highest BCUT2D eigenvalue weighted by atomic mass is 16.2. The molecule has 100 valence electrons. The van der Waals surface area contributed by atoms with Gasteiger partial charge in [-0.3, -0.25) is 9.48 Å². The van der Waals surface area contributed by atoms with Crippen LogP contribution in [-0.2, 0) is 4.79 Å². The largest absolute Gasteiger partial charge is 0.337 e. The lowest BCUT2D eigenvalue weighted by Gasteiger charge is -2.28. The Balaban J connectivity index is 2.11. The van der Waals surface area contributed by atoms with E-state index in [2.05, 4.69) is 5.10 Å². The SMILES string of the molecule is CC(c1ccccc1)N(C)C(=O)C(C)n1cccn1. The normalized spacial score (nSPS) is 13.8. The Morgan fingerprint density at radius 2 is 1.89 bits per heavy atom. The van der Waals surface area contributed by atoms with Crippen LogP contribution in [0.5, 0.6) is 0 Å². The van der Waals surface area contributed by atoms with Crippen LogP contribution in [0, 0.1) is 0 Å². The Hall–Kier alpha value is -2.10. The molecule has 1 heterocycles. The number of aromatic nitrogens is 2. The fraction of sp³-hybridized carbons (Fsp3) is 0.333. The van der Waals surface area contributed by atoms with Crippen molar-refractivity contribution in [3.63, 3.8) is 0 Å². The van der Waals surface area contributed by atoms with Crippen molar-refractivity contribution in [2.24, 2.45) is 0 Å². The average molecular weight is 257 g/mol. The van der Waals surface area contributed by atoms with Gasteiger partial charge in [0, 0.05) is 19.4 Å². The van der Waals surface area contributed by atoms with Crippen molar-refractivity contribution in [2.45, 2.75) is 25.9 Å². The van der Waals surface area contributed by atoms with Gasteiger partial charge in [0.2, 0.25) is 5.91 Å². The molecule has 2 unspecified atom stereocenters. The summed E-state index contributed by atoms with van der Waals surface area (Å²) in [6, 6.07) is 11.6. The molecule has 0 aliphatic carbocycles. The van der Waals surface area contributed by atoms with Crippen molar-refractivity contribution in [1.29, 1.82) is 0 Å². The number of hydrogen-bond acceptors (Lipinski definition) is 2. The van der Waals surface area contributed by atoms with Crippen molar-refractivity contribution in [3.05, 3.63) is 54.4 Å². The second kappa shape index (κ2) is 5.69. The minimum Gasteiger partial charge on any atom is -0.337 e. The number of benzene rings is 1. The maximum Gasteiger partial charge on any atom is 0.247 e. The third-order valence-electron chi connectivity index (χ3n) is 3.49. The third-order valence-corrected chi connectivity index (χ3v) is 3.49. The zero-order valence-corrected chi connectivity index (χ0v) is 11.5. The molecule has 0 saturated carbocycles.